The topological polar surface area (TPSA) is 38.9 Å². The van der Waals surface area contributed by atoms with Gasteiger partial charge < -0.3 is 5.73 Å². The molecule has 1 aromatic heterocycles. The minimum absolute atomic E-state index is 0.147. The number of pyridine rings is 1. The second-order valence-corrected chi connectivity index (χ2v) is 4.61. The van der Waals surface area contributed by atoms with Crippen LogP contribution in [0.4, 0.5) is 13.2 Å². The first-order valence-electron chi connectivity index (χ1n) is 5.57. The van der Waals surface area contributed by atoms with Gasteiger partial charge in [-0.1, -0.05) is 19.9 Å². The number of hydrogen-bond donors (Lipinski definition) is 1. The SMILES string of the molecule is CC(C)CC(N)Cc1cccc(C(F)(F)F)n1. The molecule has 0 aliphatic rings. The molecule has 0 saturated carbocycles. The highest BCUT2D eigenvalue weighted by atomic mass is 19.4. The number of halogens is 3. The summed E-state index contributed by atoms with van der Waals surface area (Å²) >= 11 is 0. The molecule has 2 nitrogen and oxygen atoms in total. The van der Waals surface area contributed by atoms with E-state index in [1.165, 1.54) is 6.07 Å². The molecule has 0 spiro atoms. The average molecular weight is 246 g/mol. The van der Waals surface area contributed by atoms with E-state index in [-0.39, 0.29) is 6.04 Å². The van der Waals surface area contributed by atoms with Gasteiger partial charge in [-0.3, -0.25) is 0 Å². The van der Waals surface area contributed by atoms with Gasteiger partial charge in [-0.15, -0.1) is 0 Å². The van der Waals surface area contributed by atoms with E-state index >= 15 is 0 Å². The van der Waals surface area contributed by atoms with Crippen molar-refractivity contribution in [2.75, 3.05) is 0 Å². The Labute approximate surface area is 99.0 Å². The van der Waals surface area contributed by atoms with Crippen molar-refractivity contribution < 1.29 is 13.2 Å². The molecule has 1 heterocycles. The molecule has 0 radical (unpaired) electrons. The van der Waals surface area contributed by atoms with Crippen LogP contribution in [-0.2, 0) is 12.6 Å². The van der Waals surface area contributed by atoms with Crippen molar-refractivity contribution in [1.82, 2.24) is 4.98 Å². The van der Waals surface area contributed by atoms with Gasteiger partial charge in [0.1, 0.15) is 5.69 Å². The van der Waals surface area contributed by atoms with Crippen LogP contribution in [0.2, 0.25) is 0 Å². The maximum absolute atomic E-state index is 12.4. The Bertz CT molecular complexity index is 361. The number of rotatable bonds is 4. The molecule has 96 valence electrons. The minimum Gasteiger partial charge on any atom is -0.327 e. The largest absolute Gasteiger partial charge is 0.433 e. The third-order valence-corrected chi connectivity index (χ3v) is 2.34. The zero-order chi connectivity index (χ0) is 13.1. The van der Waals surface area contributed by atoms with Crippen molar-refractivity contribution >= 4 is 0 Å². The molecule has 0 bridgehead atoms. The van der Waals surface area contributed by atoms with Gasteiger partial charge >= 0.3 is 6.18 Å². The Kier molecular flexibility index (Phi) is 4.51. The molecule has 17 heavy (non-hydrogen) atoms. The number of alkyl halides is 3. The molecule has 1 rings (SSSR count). The fourth-order valence-electron chi connectivity index (χ4n) is 1.71. The number of nitrogens with zero attached hydrogens (tertiary/aromatic N) is 1. The molecule has 5 heteroatoms. The molecule has 2 N–H and O–H groups in total. The van der Waals surface area contributed by atoms with Crippen molar-refractivity contribution in [1.29, 1.82) is 0 Å². The lowest BCUT2D eigenvalue weighted by atomic mass is 10.0. The third kappa shape index (κ3) is 4.73. The first kappa shape index (κ1) is 14.0. The molecule has 1 atom stereocenters. The van der Waals surface area contributed by atoms with Gasteiger partial charge in [0.15, 0.2) is 0 Å². The van der Waals surface area contributed by atoms with Crippen molar-refractivity contribution in [3.05, 3.63) is 29.6 Å². The van der Waals surface area contributed by atoms with E-state index in [4.69, 9.17) is 5.73 Å². The van der Waals surface area contributed by atoms with Crippen LogP contribution in [0.5, 0.6) is 0 Å². The van der Waals surface area contributed by atoms with Crippen LogP contribution in [0.3, 0.4) is 0 Å². The van der Waals surface area contributed by atoms with Crippen LogP contribution < -0.4 is 5.73 Å². The fraction of sp³-hybridized carbons (Fsp3) is 0.583. The lowest BCUT2D eigenvalue weighted by Gasteiger charge is -2.14. The molecule has 0 saturated heterocycles. The van der Waals surface area contributed by atoms with Gasteiger partial charge in [-0.05, 0) is 24.5 Å². The van der Waals surface area contributed by atoms with E-state index < -0.39 is 11.9 Å². The molecule has 0 aromatic carbocycles. The summed E-state index contributed by atoms with van der Waals surface area (Å²) in [5.41, 5.74) is 5.39. The first-order chi connectivity index (χ1) is 7.79. The van der Waals surface area contributed by atoms with Crippen LogP contribution >= 0.6 is 0 Å². The quantitative estimate of drug-likeness (QED) is 0.886. The highest BCUT2D eigenvalue weighted by Gasteiger charge is 2.32. The fourth-order valence-corrected chi connectivity index (χ4v) is 1.71. The first-order valence-corrected chi connectivity index (χ1v) is 5.57. The maximum Gasteiger partial charge on any atom is 0.433 e. The van der Waals surface area contributed by atoms with Crippen LogP contribution in [0, 0.1) is 5.92 Å². The van der Waals surface area contributed by atoms with Crippen molar-refractivity contribution in [3.8, 4) is 0 Å². The predicted molar refractivity (Wildman–Crippen MR) is 60.4 cm³/mol. The summed E-state index contributed by atoms with van der Waals surface area (Å²) in [6.07, 6.45) is -3.24. The van der Waals surface area contributed by atoms with Crippen LogP contribution in [0.15, 0.2) is 18.2 Å². The molecule has 1 aromatic rings. The highest BCUT2D eigenvalue weighted by molar-refractivity contribution is 5.14. The van der Waals surface area contributed by atoms with E-state index in [2.05, 4.69) is 4.98 Å². The van der Waals surface area contributed by atoms with Gasteiger partial charge in [-0.25, -0.2) is 4.98 Å². The molecule has 0 aliphatic carbocycles. The molecule has 1 unspecified atom stereocenters. The zero-order valence-corrected chi connectivity index (χ0v) is 9.96. The summed E-state index contributed by atoms with van der Waals surface area (Å²) in [5.74, 6) is 0.427. The predicted octanol–water partition coefficient (Wildman–Crippen LogP) is 3.02. The average Bonchev–Trinajstić information content (AvgIpc) is 2.15. The number of aromatic nitrogens is 1. The monoisotopic (exact) mass is 246 g/mol. The Morgan fingerprint density at radius 1 is 1.29 bits per heavy atom. The normalized spacial score (nSPS) is 14.1. The van der Waals surface area contributed by atoms with E-state index in [9.17, 15) is 13.2 Å². The lowest BCUT2D eigenvalue weighted by Crippen LogP contribution is -2.25. The van der Waals surface area contributed by atoms with Gasteiger partial charge in [0, 0.05) is 18.2 Å². The van der Waals surface area contributed by atoms with Crippen LogP contribution in [0.25, 0.3) is 0 Å². The Morgan fingerprint density at radius 3 is 2.47 bits per heavy atom. The smallest absolute Gasteiger partial charge is 0.327 e. The Hall–Kier alpha value is -1.10. The maximum atomic E-state index is 12.4. The van der Waals surface area contributed by atoms with E-state index in [0.29, 0.717) is 18.0 Å². The van der Waals surface area contributed by atoms with Gasteiger partial charge in [-0.2, -0.15) is 13.2 Å². The second-order valence-electron chi connectivity index (χ2n) is 4.61. The number of hydrogen-bond acceptors (Lipinski definition) is 2. The lowest BCUT2D eigenvalue weighted by molar-refractivity contribution is -0.141. The van der Waals surface area contributed by atoms with E-state index in [0.717, 1.165) is 12.5 Å². The summed E-state index contributed by atoms with van der Waals surface area (Å²) < 4.78 is 37.3. The molecular formula is C12H17F3N2. The molecule has 0 amide bonds. The van der Waals surface area contributed by atoms with Crippen LogP contribution in [-0.4, -0.2) is 11.0 Å². The molecule has 0 aliphatic heterocycles. The zero-order valence-electron chi connectivity index (χ0n) is 9.96. The van der Waals surface area contributed by atoms with E-state index in [1.807, 2.05) is 13.8 Å². The summed E-state index contributed by atoms with van der Waals surface area (Å²) in [6.45, 7) is 4.05. The second kappa shape index (κ2) is 5.49. The summed E-state index contributed by atoms with van der Waals surface area (Å²) in [6, 6.07) is 3.77. The summed E-state index contributed by atoms with van der Waals surface area (Å²) in [4.78, 5) is 3.59. The summed E-state index contributed by atoms with van der Waals surface area (Å²) in [7, 11) is 0. The molecule has 0 fully saturated rings. The van der Waals surface area contributed by atoms with Gasteiger partial charge in [0.05, 0.1) is 0 Å². The van der Waals surface area contributed by atoms with Gasteiger partial charge in [0.25, 0.3) is 0 Å². The standard InChI is InChI=1S/C12H17F3N2/c1-8(2)6-9(16)7-10-4-3-5-11(17-10)12(13,14)15/h3-5,8-9H,6-7,16H2,1-2H3. The van der Waals surface area contributed by atoms with Gasteiger partial charge in [0.2, 0.25) is 0 Å². The Morgan fingerprint density at radius 2 is 1.94 bits per heavy atom. The third-order valence-electron chi connectivity index (χ3n) is 2.34. The Balaban J connectivity index is 2.72. The van der Waals surface area contributed by atoms with Crippen molar-refractivity contribution in [3.63, 3.8) is 0 Å². The van der Waals surface area contributed by atoms with Crippen molar-refractivity contribution in [2.45, 2.75) is 38.9 Å². The van der Waals surface area contributed by atoms with Crippen molar-refractivity contribution in [2.24, 2.45) is 11.7 Å². The highest BCUT2D eigenvalue weighted by Crippen LogP contribution is 2.27. The number of nitrogens with two attached hydrogens (primary N) is 1. The van der Waals surface area contributed by atoms with Crippen LogP contribution in [0.1, 0.15) is 31.7 Å². The minimum atomic E-state index is -4.39. The summed E-state index contributed by atoms with van der Waals surface area (Å²) in [5, 5.41) is 0. The van der Waals surface area contributed by atoms with E-state index in [1.54, 1.807) is 6.07 Å². The molecular weight excluding hydrogens is 229 g/mol.